The van der Waals surface area contributed by atoms with Gasteiger partial charge in [0, 0.05) is 20.0 Å². The number of carbonyl (C=O) groups excluding carboxylic acids is 2. The Labute approximate surface area is 173 Å². The third-order valence-electron chi connectivity index (χ3n) is 5.41. The lowest BCUT2D eigenvalue weighted by atomic mass is 9.97. The van der Waals surface area contributed by atoms with Crippen molar-refractivity contribution in [3.05, 3.63) is 83.4 Å². The van der Waals surface area contributed by atoms with Gasteiger partial charge in [-0.2, -0.15) is 0 Å². The lowest BCUT2D eigenvalue weighted by Crippen LogP contribution is -2.42. The van der Waals surface area contributed by atoms with Gasteiger partial charge in [0.05, 0.1) is 0 Å². The molecule has 4 nitrogen and oxygen atoms in total. The van der Waals surface area contributed by atoms with Gasteiger partial charge in [-0.1, -0.05) is 72.3 Å². The first kappa shape index (κ1) is 20.8. The van der Waals surface area contributed by atoms with Gasteiger partial charge in [0.25, 0.3) is 0 Å². The summed E-state index contributed by atoms with van der Waals surface area (Å²) < 4.78 is 0. The predicted octanol–water partition coefficient (Wildman–Crippen LogP) is 4.78. The van der Waals surface area contributed by atoms with Crippen LogP contribution in [0.25, 0.3) is 0 Å². The number of benzene rings is 2. The van der Waals surface area contributed by atoms with Gasteiger partial charge in [-0.25, -0.2) is 0 Å². The van der Waals surface area contributed by atoms with Gasteiger partial charge in [0.15, 0.2) is 0 Å². The van der Waals surface area contributed by atoms with Crippen molar-refractivity contribution in [3.8, 4) is 0 Å². The van der Waals surface area contributed by atoms with Crippen LogP contribution in [0.5, 0.6) is 0 Å². The lowest BCUT2D eigenvalue weighted by Gasteiger charge is -2.30. The van der Waals surface area contributed by atoms with Gasteiger partial charge in [-0.3, -0.25) is 9.59 Å². The van der Waals surface area contributed by atoms with E-state index in [0.29, 0.717) is 13.1 Å². The highest BCUT2D eigenvalue weighted by Crippen LogP contribution is 2.24. The van der Waals surface area contributed by atoms with E-state index in [2.05, 4.69) is 11.4 Å². The smallest absolute Gasteiger partial charge is 0.247 e. The molecule has 1 N–H and O–H groups in total. The maximum absolute atomic E-state index is 13.2. The highest BCUT2D eigenvalue weighted by molar-refractivity contribution is 5.88. The summed E-state index contributed by atoms with van der Waals surface area (Å²) >= 11 is 0. The quantitative estimate of drug-likeness (QED) is 0.659. The van der Waals surface area contributed by atoms with Crippen molar-refractivity contribution < 1.29 is 9.59 Å². The fraction of sp³-hybridized carbons (Fsp3) is 0.360. The average Bonchev–Trinajstić information content (AvgIpc) is 2.75. The van der Waals surface area contributed by atoms with Crippen molar-refractivity contribution in [2.45, 2.75) is 51.6 Å². The molecule has 3 rings (SSSR count). The normalized spacial score (nSPS) is 14.6. The van der Waals surface area contributed by atoms with Crippen LogP contribution in [0.4, 0.5) is 0 Å². The Morgan fingerprint density at radius 3 is 2.31 bits per heavy atom. The number of allylic oxidation sites excluding steroid dienone is 1. The molecular formula is C25H30N2O2. The van der Waals surface area contributed by atoms with Crippen molar-refractivity contribution in [2.24, 2.45) is 0 Å². The highest BCUT2D eigenvalue weighted by atomic mass is 16.2. The van der Waals surface area contributed by atoms with Crippen molar-refractivity contribution >= 4 is 11.8 Å². The molecule has 0 aromatic heterocycles. The van der Waals surface area contributed by atoms with Gasteiger partial charge in [-0.15, -0.1) is 0 Å². The number of nitrogens with zero attached hydrogens (tertiary/aromatic N) is 1. The van der Waals surface area contributed by atoms with Crippen LogP contribution in [0.1, 0.15) is 56.2 Å². The molecule has 0 radical (unpaired) electrons. The van der Waals surface area contributed by atoms with E-state index in [-0.39, 0.29) is 11.8 Å². The van der Waals surface area contributed by atoms with Crippen LogP contribution in [0, 0.1) is 0 Å². The summed E-state index contributed by atoms with van der Waals surface area (Å²) in [6.07, 6.45) is 7.96. The number of rotatable bonds is 8. The van der Waals surface area contributed by atoms with Gasteiger partial charge in [0.1, 0.15) is 6.04 Å². The highest BCUT2D eigenvalue weighted by Gasteiger charge is 2.29. The summed E-state index contributed by atoms with van der Waals surface area (Å²) in [6, 6.07) is 18.7. The maximum atomic E-state index is 13.2. The molecule has 0 heterocycles. The van der Waals surface area contributed by atoms with Crippen molar-refractivity contribution in [1.29, 1.82) is 0 Å². The Bertz CT molecular complexity index is 830. The molecule has 2 aromatic carbocycles. The topological polar surface area (TPSA) is 49.4 Å². The minimum Gasteiger partial charge on any atom is -0.354 e. The molecule has 0 fully saturated rings. The first-order chi connectivity index (χ1) is 14.1. The first-order valence-corrected chi connectivity index (χ1v) is 10.5. The number of hydrogen-bond donors (Lipinski definition) is 1. The van der Waals surface area contributed by atoms with Crippen LogP contribution in [-0.2, 0) is 16.1 Å². The van der Waals surface area contributed by atoms with E-state index in [1.165, 1.54) is 25.3 Å². The van der Waals surface area contributed by atoms with E-state index in [4.69, 9.17) is 0 Å². The molecule has 29 heavy (non-hydrogen) atoms. The molecule has 1 aliphatic rings. The maximum Gasteiger partial charge on any atom is 0.247 e. The Balaban J connectivity index is 1.76. The van der Waals surface area contributed by atoms with Crippen LogP contribution >= 0.6 is 0 Å². The number of nitrogens with one attached hydrogen (secondary N) is 1. The summed E-state index contributed by atoms with van der Waals surface area (Å²) in [5, 5.41) is 3.08. The van der Waals surface area contributed by atoms with Crippen molar-refractivity contribution in [1.82, 2.24) is 10.2 Å². The van der Waals surface area contributed by atoms with E-state index < -0.39 is 6.04 Å². The van der Waals surface area contributed by atoms with Crippen molar-refractivity contribution in [3.63, 3.8) is 0 Å². The first-order valence-electron chi connectivity index (χ1n) is 10.5. The minimum absolute atomic E-state index is 0.118. The third-order valence-corrected chi connectivity index (χ3v) is 5.41. The molecule has 2 amide bonds. The van der Waals surface area contributed by atoms with E-state index in [9.17, 15) is 9.59 Å². The van der Waals surface area contributed by atoms with E-state index >= 15 is 0 Å². The SMILES string of the molecule is CC(=O)N(Cc1ccccc1)C(C(=O)NCCC1=CCCCC1)c1ccccc1. The summed E-state index contributed by atoms with van der Waals surface area (Å²) in [5.74, 6) is -0.244. The molecule has 0 saturated heterocycles. The summed E-state index contributed by atoms with van der Waals surface area (Å²) in [5.41, 5.74) is 3.26. The zero-order valence-electron chi connectivity index (χ0n) is 17.1. The summed E-state index contributed by atoms with van der Waals surface area (Å²) in [6.45, 7) is 2.53. The lowest BCUT2D eigenvalue weighted by molar-refractivity contribution is -0.140. The zero-order valence-corrected chi connectivity index (χ0v) is 17.1. The standard InChI is InChI=1S/C25H30N2O2/c1-20(28)27(19-22-13-7-3-8-14-22)24(23-15-9-4-10-16-23)25(29)26-18-17-21-11-5-2-6-12-21/h3-4,7-11,13-16,24H,2,5-6,12,17-19H2,1H3,(H,26,29). The second kappa shape index (κ2) is 10.6. The Hall–Kier alpha value is -2.88. The van der Waals surface area contributed by atoms with Crippen LogP contribution in [0.2, 0.25) is 0 Å². The molecule has 1 unspecified atom stereocenters. The predicted molar refractivity (Wildman–Crippen MR) is 116 cm³/mol. The fourth-order valence-corrected chi connectivity index (χ4v) is 3.85. The molecule has 1 atom stereocenters. The van der Waals surface area contributed by atoms with Crippen LogP contribution < -0.4 is 5.32 Å². The number of hydrogen-bond acceptors (Lipinski definition) is 2. The molecule has 0 aliphatic heterocycles. The van der Waals surface area contributed by atoms with E-state index in [1.54, 1.807) is 4.90 Å². The van der Waals surface area contributed by atoms with Crippen LogP contribution in [0.3, 0.4) is 0 Å². The van der Waals surface area contributed by atoms with E-state index in [0.717, 1.165) is 30.4 Å². The monoisotopic (exact) mass is 390 g/mol. The molecule has 2 aromatic rings. The van der Waals surface area contributed by atoms with Crippen molar-refractivity contribution in [2.75, 3.05) is 6.54 Å². The molecule has 1 aliphatic carbocycles. The van der Waals surface area contributed by atoms with Gasteiger partial charge < -0.3 is 10.2 Å². The summed E-state index contributed by atoms with van der Waals surface area (Å²) in [4.78, 5) is 27.4. The largest absolute Gasteiger partial charge is 0.354 e. The molecule has 152 valence electrons. The van der Waals surface area contributed by atoms with Crippen LogP contribution in [-0.4, -0.2) is 23.3 Å². The molecular weight excluding hydrogens is 360 g/mol. The molecule has 0 spiro atoms. The zero-order chi connectivity index (χ0) is 20.5. The minimum atomic E-state index is -0.644. The fourth-order valence-electron chi connectivity index (χ4n) is 3.85. The Kier molecular flexibility index (Phi) is 7.62. The van der Waals surface area contributed by atoms with Gasteiger partial charge >= 0.3 is 0 Å². The van der Waals surface area contributed by atoms with Crippen LogP contribution in [0.15, 0.2) is 72.3 Å². The second-order valence-corrected chi connectivity index (χ2v) is 7.59. The van der Waals surface area contributed by atoms with Gasteiger partial charge in [-0.05, 0) is 43.2 Å². The molecule has 0 bridgehead atoms. The average molecular weight is 391 g/mol. The third kappa shape index (κ3) is 6.05. The Morgan fingerprint density at radius 1 is 1.00 bits per heavy atom. The second-order valence-electron chi connectivity index (χ2n) is 7.59. The Morgan fingerprint density at radius 2 is 1.69 bits per heavy atom. The number of carbonyl (C=O) groups is 2. The molecule has 0 saturated carbocycles. The van der Waals surface area contributed by atoms with Gasteiger partial charge in [0.2, 0.25) is 11.8 Å². The molecule has 4 heteroatoms. The number of amides is 2. The summed E-state index contributed by atoms with van der Waals surface area (Å²) in [7, 11) is 0. The van der Waals surface area contributed by atoms with E-state index in [1.807, 2.05) is 60.7 Å².